The summed E-state index contributed by atoms with van der Waals surface area (Å²) in [6.07, 6.45) is 0. The van der Waals surface area contributed by atoms with E-state index in [4.69, 9.17) is 17.3 Å². The highest BCUT2D eigenvalue weighted by Gasteiger charge is 2.08. The second-order valence-corrected chi connectivity index (χ2v) is 5.72. The second kappa shape index (κ2) is 5.79. The molecule has 0 atom stereocenters. The van der Waals surface area contributed by atoms with E-state index in [1.165, 1.54) is 0 Å². The number of nitrogen functional groups attached to an aromatic ring is 1. The van der Waals surface area contributed by atoms with Gasteiger partial charge in [0.15, 0.2) is 0 Å². The molecule has 3 nitrogen and oxygen atoms in total. The third-order valence-electron chi connectivity index (χ3n) is 2.72. The van der Waals surface area contributed by atoms with Crippen LogP contribution in [0.3, 0.4) is 0 Å². The number of carbonyl (C=O) groups excluding carboxylic acids is 1. The van der Waals surface area contributed by atoms with Crippen molar-refractivity contribution in [2.75, 3.05) is 11.1 Å². The number of nitrogens with two attached hydrogens (primary N) is 1. The number of aryl methyl sites for hydroxylation is 1. The van der Waals surface area contributed by atoms with Gasteiger partial charge in [-0.15, -0.1) is 0 Å². The molecule has 0 heterocycles. The number of hydrogen-bond acceptors (Lipinski definition) is 2. The molecule has 1 amide bonds. The van der Waals surface area contributed by atoms with E-state index in [0.29, 0.717) is 22.0 Å². The Hall–Kier alpha value is -1.27. The van der Waals surface area contributed by atoms with Crippen LogP contribution in [-0.4, -0.2) is 5.91 Å². The summed E-state index contributed by atoms with van der Waals surface area (Å²) in [7, 11) is 0. The lowest BCUT2D eigenvalue weighted by atomic mass is 10.1. The molecule has 0 bridgehead atoms. The van der Waals surface area contributed by atoms with Gasteiger partial charge in [0.1, 0.15) is 0 Å². The molecule has 19 heavy (non-hydrogen) atoms. The summed E-state index contributed by atoms with van der Waals surface area (Å²) < 4.78 is 0.912. The van der Waals surface area contributed by atoms with Gasteiger partial charge in [0.25, 0.3) is 5.91 Å². The van der Waals surface area contributed by atoms with Crippen molar-refractivity contribution in [1.82, 2.24) is 0 Å². The van der Waals surface area contributed by atoms with Crippen LogP contribution in [0, 0.1) is 10.5 Å². The van der Waals surface area contributed by atoms with Crippen molar-refractivity contribution in [1.29, 1.82) is 0 Å². The number of hydrogen-bond donors (Lipinski definition) is 2. The molecule has 0 saturated heterocycles. The van der Waals surface area contributed by atoms with E-state index in [-0.39, 0.29) is 5.91 Å². The maximum Gasteiger partial charge on any atom is 0.255 e. The molecule has 0 aliphatic heterocycles. The molecule has 0 fully saturated rings. The van der Waals surface area contributed by atoms with Crippen LogP contribution in [-0.2, 0) is 0 Å². The van der Waals surface area contributed by atoms with Crippen LogP contribution in [0.25, 0.3) is 0 Å². The maximum absolute atomic E-state index is 12.1. The largest absolute Gasteiger partial charge is 0.398 e. The third kappa shape index (κ3) is 3.39. The Kier molecular flexibility index (Phi) is 4.31. The SMILES string of the molecule is Cc1ccc(NC(=O)c2ccc(I)c(Cl)c2)cc1N. The smallest absolute Gasteiger partial charge is 0.255 e. The minimum atomic E-state index is -0.207. The molecule has 0 unspecified atom stereocenters. The van der Waals surface area contributed by atoms with Crippen LogP contribution in [0.5, 0.6) is 0 Å². The number of carbonyl (C=O) groups is 1. The normalized spacial score (nSPS) is 10.3. The summed E-state index contributed by atoms with van der Waals surface area (Å²) in [5.41, 5.74) is 8.63. The lowest BCUT2D eigenvalue weighted by Crippen LogP contribution is -2.12. The minimum Gasteiger partial charge on any atom is -0.398 e. The Bertz CT molecular complexity index is 643. The minimum absolute atomic E-state index is 0.207. The Morgan fingerprint density at radius 2 is 2.00 bits per heavy atom. The average Bonchev–Trinajstić information content (AvgIpc) is 2.37. The summed E-state index contributed by atoms with van der Waals surface area (Å²) in [6.45, 7) is 1.92. The zero-order valence-electron chi connectivity index (χ0n) is 10.2. The van der Waals surface area contributed by atoms with E-state index < -0.39 is 0 Å². The fraction of sp³-hybridized carbons (Fsp3) is 0.0714. The van der Waals surface area contributed by atoms with Gasteiger partial charge in [-0.2, -0.15) is 0 Å². The van der Waals surface area contributed by atoms with E-state index in [0.717, 1.165) is 9.13 Å². The van der Waals surface area contributed by atoms with Gasteiger partial charge in [-0.05, 0) is 65.4 Å². The number of anilines is 2. The second-order valence-electron chi connectivity index (χ2n) is 4.15. The Morgan fingerprint density at radius 1 is 1.26 bits per heavy atom. The van der Waals surface area contributed by atoms with Crippen molar-refractivity contribution >= 4 is 51.5 Å². The highest BCUT2D eigenvalue weighted by atomic mass is 127. The molecule has 0 aliphatic rings. The van der Waals surface area contributed by atoms with Gasteiger partial charge in [-0.25, -0.2) is 0 Å². The Labute approximate surface area is 130 Å². The van der Waals surface area contributed by atoms with Crippen LogP contribution in [0.15, 0.2) is 36.4 Å². The van der Waals surface area contributed by atoms with Gasteiger partial charge < -0.3 is 11.1 Å². The van der Waals surface area contributed by atoms with Gasteiger partial charge in [0.2, 0.25) is 0 Å². The first kappa shape index (κ1) is 14.1. The van der Waals surface area contributed by atoms with Crippen LogP contribution in [0.4, 0.5) is 11.4 Å². The predicted molar refractivity (Wildman–Crippen MR) is 87.7 cm³/mol. The lowest BCUT2D eigenvalue weighted by molar-refractivity contribution is 0.102. The third-order valence-corrected chi connectivity index (χ3v) is 4.29. The summed E-state index contributed by atoms with van der Waals surface area (Å²) in [6, 6.07) is 10.6. The van der Waals surface area contributed by atoms with E-state index in [1.54, 1.807) is 24.3 Å². The van der Waals surface area contributed by atoms with Crippen molar-refractivity contribution in [2.45, 2.75) is 6.92 Å². The molecule has 3 N–H and O–H groups in total. The molecular formula is C14H12ClIN2O. The summed E-state index contributed by atoms with van der Waals surface area (Å²) >= 11 is 8.12. The zero-order valence-corrected chi connectivity index (χ0v) is 13.1. The van der Waals surface area contributed by atoms with Crippen LogP contribution in [0.1, 0.15) is 15.9 Å². The summed E-state index contributed by atoms with van der Waals surface area (Å²) in [4.78, 5) is 12.1. The summed E-state index contributed by atoms with van der Waals surface area (Å²) in [5.74, 6) is -0.207. The molecule has 2 aromatic rings. The zero-order chi connectivity index (χ0) is 14.0. The van der Waals surface area contributed by atoms with E-state index >= 15 is 0 Å². The lowest BCUT2D eigenvalue weighted by Gasteiger charge is -2.08. The number of amides is 1. The average molecular weight is 387 g/mol. The van der Waals surface area contributed by atoms with Crippen molar-refractivity contribution in [2.24, 2.45) is 0 Å². The van der Waals surface area contributed by atoms with Gasteiger partial charge in [-0.3, -0.25) is 4.79 Å². The van der Waals surface area contributed by atoms with Gasteiger partial charge in [0, 0.05) is 20.5 Å². The van der Waals surface area contributed by atoms with Crippen LogP contribution < -0.4 is 11.1 Å². The molecule has 2 aromatic carbocycles. The first-order chi connectivity index (χ1) is 8.97. The topological polar surface area (TPSA) is 55.1 Å². The molecule has 0 spiro atoms. The molecule has 0 aromatic heterocycles. The monoisotopic (exact) mass is 386 g/mol. The van der Waals surface area contributed by atoms with Crippen molar-refractivity contribution in [3.05, 3.63) is 56.1 Å². The summed E-state index contributed by atoms with van der Waals surface area (Å²) in [5, 5.41) is 3.36. The Morgan fingerprint density at radius 3 is 2.63 bits per heavy atom. The fourth-order valence-electron chi connectivity index (χ4n) is 1.56. The first-order valence-electron chi connectivity index (χ1n) is 5.60. The standard InChI is InChI=1S/C14H12ClIN2O/c1-8-2-4-10(7-13(8)17)18-14(19)9-3-5-12(16)11(15)6-9/h2-7H,17H2,1H3,(H,18,19). The molecular weight excluding hydrogens is 375 g/mol. The van der Waals surface area contributed by atoms with Crippen molar-refractivity contribution in [3.8, 4) is 0 Å². The highest BCUT2D eigenvalue weighted by Crippen LogP contribution is 2.21. The number of benzene rings is 2. The first-order valence-corrected chi connectivity index (χ1v) is 7.05. The quantitative estimate of drug-likeness (QED) is 0.603. The van der Waals surface area contributed by atoms with Gasteiger partial charge in [0.05, 0.1) is 5.02 Å². The number of rotatable bonds is 2. The van der Waals surface area contributed by atoms with E-state index in [9.17, 15) is 4.79 Å². The van der Waals surface area contributed by atoms with Gasteiger partial charge in [-0.1, -0.05) is 17.7 Å². The Balaban J connectivity index is 2.20. The van der Waals surface area contributed by atoms with Crippen LogP contribution in [0.2, 0.25) is 5.02 Å². The van der Waals surface area contributed by atoms with Crippen molar-refractivity contribution in [3.63, 3.8) is 0 Å². The fourth-order valence-corrected chi connectivity index (χ4v) is 2.07. The van der Waals surface area contributed by atoms with E-state index in [2.05, 4.69) is 27.9 Å². The molecule has 98 valence electrons. The number of halogens is 2. The molecule has 0 aliphatic carbocycles. The maximum atomic E-state index is 12.1. The highest BCUT2D eigenvalue weighted by molar-refractivity contribution is 14.1. The number of nitrogens with one attached hydrogen (secondary N) is 1. The van der Waals surface area contributed by atoms with E-state index in [1.807, 2.05) is 19.1 Å². The molecule has 5 heteroatoms. The van der Waals surface area contributed by atoms with Crippen LogP contribution >= 0.6 is 34.2 Å². The predicted octanol–water partition coefficient (Wildman–Crippen LogP) is 4.09. The molecule has 2 rings (SSSR count). The van der Waals surface area contributed by atoms with Gasteiger partial charge >= 0.3 is 0 Å². The molecule has 0 radical (unpaired) electrons. The molecule has 0 saturated carbocycles. The van der Waals surface area contributed by atoms with Crippen molar-refractivity contribution < 1.29 is 4.79 Å².